The second-order valence-corrected chi connectivity index (χ2v) is 5.91. The van der Waals surface area contributed by atoms with Gasteiger partial charge in [-0.05, 0) is 72.8 Å². The van der Waals surface area contributed by atoms with Crippen LogP contribution in [0.25, 0.3) is 46.4 Å². The zero-order valence-corrected chi connectivity index (χ0v) is 15.0. The number of rotatable bonds is 0. The van der Waals surface area contributed by atoms with Gasteiger partial charge in [0.2, 0.25) is 0 Å². The van der Waals surface area contributed by atoms with E-state index in [1.165, 1.54) is 0 Å². The summed E-state index contributed by atoms with van der Waals surface area (Å²) in [4.78, 5) is 16.0. The van der Waals surface area contributed by atoms with Crippen molar-refractivity contribution >= 4 is 46.4 Å². The third-order valence-corrected chi connectivity index (χ3v) is 4.04. The topological polar surface area (TPSA) is 92.4 Å². The van der Waals surface area contributed by atoms with E-state index in [2.05, 4.69) is 50.3 Å². The van der Waals surface area contributed by atoms with Crippen LogP contribution in [0.15, 0.2) is 48.5 Å². The van der Waals surface area contributed by atoms with Gasteiger partial charge in [-0.2, -0.15) is 0 Å². The molecule has 5 nitrogen and oxygen atoms in total. The van der Waals surface area contributed by atoms with Crippen molar-refractivity contribution in [2.45, 2.75) is 0 Å². The average Bonchev–Trinajstić information content (AvgIpc) is 3.32. The van der Waals surface area contributed by atoms with Crippen LogP contribution in [-0.4, -0.2) is 19.9 Å². The Hall–Kier alpha value is -2.92. The largest absolute Gasteiger partial charge is 0.355 e. The van der Waals surface area contributed by atoms with E-state index in [1.54, 1.807) is 0 Å². The fraction of sp³-hybridized carbons (Fsp3) is 0. The third kappa shape index (κ3) is 3.53. The summed E-state index contributed by atoms with van der Waals surface area (Å²) in [6.07, 6.45) is 8.05. The molecule has 0 aromatic carbocycles. The molecule has 0 atom stereocenters. The molecule has 0 fully saturated rings. The Kier molecular flexibility index (Phi) is 4.91. The van der Waals surface area contributed by atoms with Gasteiger partial charge in [0.05, 0.1) is 22.8 Å². The fourth-order valence-electron chi connectivity index (χ4n) is 2.94. The number of nitrogens with zero attached hydrogens (tertiary/aromatic N) is 2. The van der Waals surface area contributed by atoms with E-state index in [9.17, 15) is 0 Å². The zero-order valence-electron chi connectivity index (χ0n) is 13.9. The van der Waals surface area contributed by atoms with Gasteiger partial charge in [0, 0.05) is 39.1 Å². The van der Waals surface area contributed by atoms with Crippen molar-refractivity contribution in [3.63, 3.8) is 0 Å². The van der Waals surface area contributed by atoms with E-state index in [1.807, 2.05) is 42.5 Å². The van der Waals surface area contributed by atoms with Gasteiger partial charge in [-0.25, -0.2) is 9.97 Å². The van der Waals surface area contributed by atoms with Crippen molar-refractivity contribution in [3.8, 4) is 0 Å². The van der Waals surface area contributed by atoms with Gasteiger partial charge in [0.1, 0.15) is 0 Å². The van der Waals surface area contributed by atoms with Crippen LogP contribution in [0.2, 0.25) is 0 Å². The predicted molar refractivity (Wildman–Crippen MR) is 104 cm³/mol. The average molecular weight is 383 g/mol. The number of H-pyrrole nitrogens is 2. The SMILES string of the molecule is C1=Cc2cc3ccc(cc4ccc(cc5nc(cc1n2)C=C5)[nH]4)[nH]3.N.[Fe]. The number of aromatic nitrogens is 4. The Morgan fingerprint density at radius 1 is 0.500 bits per heavy atom. The van der Waals surface area contributed by atoms with Crippen LogP contribution in [-0.2, 0) is 17.1 Å². The van der Waals surface area contributed by atoms with E-state index in [0.29, 0.717) is 0 Å². The molecule has 8 bridgehead atoms. The molecular formula is C20H17FeN5. The molecule has 6 heteroatoms. The van der Waals surface area contributed by atoms with Gasteiger partial charge in [-0.1, -0.05) is 0 Å². The van der Waals surface area contributed by atoms with Crippen molar-refractivity contribution < 1.29 is 17.1 Å². The second kappa shape index (κ2) is 7.14. The maximum atomic E-state index is 4.62. The van der Waals surface area contributed by atoms with Crippen LogP contribution in [0.5, 0.6) is 0 Å². The van der Waals surface area contributed by atoms with Crippen molar-refractivity contribution in [2.75, 3.05) is 0 Å². The first-order valence-electron chi connectivity index (χ1n) is 7.85. The number of hydrogen-bond donors (Lipinski definition) is 3. The summed E-state index contributed by atoms with van der Waals surface area (Å²) in [5.41, 5.74) is 7.86. The summed E-state index contributed by atoms with van der Waals surface area (Å²) in [7, 11) is 0. The Labute approximate surface area is 161 Å². The number of hydrogen-bond acceptors (Lipinski definition) is 3. The summed E-state index contributed by atoms with van der Waals surface area (Å²) >= 11 is 0. The predicted octanol–water partition coefficient (Wildman–Crippen LogP) is 4.82. The van der Waals surface area contributed by atoms with E-state index < -0.39 is 0 Å². The second-order valence-electron chi connectivity index (χ2n) is 5.91. The van der Waals surface area contributed by atoms with Crippen LogP contribution < -0.4 is 6.15 Å². The van der Waals surface area contributed by atoms with Crippen molar-refractivity contribution in [1.82, 2.24) is 26.1 Å². The maximum absolute atomic E-state index is 4.62. The summed E-state index contributed by atoms with van der Waals surface area (Å²) in [5.74, 6) is 0. The molecule has 0 saturated heterocycles. The first kappa shape index (κ1) is 17.9. The molecule has 5 N–H and O–H groups in total. The molecule has 3 aromatic rings. The van der Waals surface area contributed by atoms with Crippen molar-refractivity contribution in [2.24, 2.45) is 0 Å². The maximum Gasteiger partial charge on any atom is 0.0659 e. The molecule has 130 valence electrons. The molecule has 3 aromatic heterocycles. The van der Waals surface area contributed by atoms with E-state index in [-0.39, 0.29) is 23.2 Å². The van der Waals surface area contributed by atoms with Crippen molar-refractivity contribution in [3.05, 3.63) is 71.3 Å². The third-order valence-electron chi connectivity index (χ3n) is 4.04. The van der Waals surface area contributed by atoms with Crippen LogP contribution in [0.3, 0.4) is 0 Å². The van der Waals surface area contributed by atoms with Crippen LogP contribution in [0.4, 0.5) is 0 Å². The molecule has 0 radical (unpaired) electrons. The van der Waals surface area contributed by atoms with Gasteiger partial charge in [-0.15, -0.1) is 0 Å². The smallest absolute Gasteiger partial charge is 0.0659 e. The van der Waals surface area contributed by atoms with Crippen molar-refractivity contribution in [1.29, 1.82) is 0 Å². The van der Waals surface area contributed by atoms with Gasteiger partial charge in [0.25, 0.3) is 0 Å². The summed E-state index contributed by atoms with van der Waals surface area (Å²) < 4.78 is 0. The van der Waals surface area contributed by atoms with E-state index in [4.69, 9.17) is 0 Å². The standard InChI is InChI=1S/C20H14N4.Fe.H3N/c1-2-14-10-16-5-6-18(23-16)12-20-8-7-19(24-20)11-17-4-3-15(22-17)9-13(1)21-14;;/h1-12,21-22H;;1H3. The minimum Gasteiger partial charge on any atom is -0.355 e. The summed E-state index contributed by atoms with van der Waals surface area (Å²) in [6, 6.07) is 16.4. The summed E-state index contributed by atoms with van der Waals surface area (Å²) in [6.45, 7) is 0. The fourth-order valence-corrected chi connectivity index (χ4v) is 2.94. The molecule has 0 unspecified atom stereocenters. The van der Waals surface area contributed by atoms with Gasteiger partial charge < -0.3 is 16.1 Å². The molecule has 26 heavy (non-hydrogen) atoms. The molecular weight excluding hydrogens is 366 g/mol. The molecule has 5 heterocycles. The Morgan fingerprint density at radius 3 is 1.27 bits per heavy atom. The molecule has 2 aliphatic rings. The molecule has 5 rings (SSSR count). The quantitative estimate of drug-likeness (QED) is 0.335. The van der Waals surface area contributed by atoms with Crippen LogP contribution in [0, 0.1) is 0 Å². The van der Waals surface area contributed by atoms with Crippen LogP contribution in [0.1, 0.15) is 22.8 Å². The molecule has 0 saturated carbocycles. The normalized spacial score (nSPS) is 11.7. The number of nitrogens with one attached hydrogen (secondary N) is 2. The Morgan fingerprint density at radius 2 is 0.846 bits per heavy atom. The van der Waals surface area contributed by atoms with Gasteiger partial charge in [-0.3, -0.25) is 0 Å². The Balaban J connectivity index is 0.000000980. The minimum atomic E-state index is 0. The van der Waals surface area contributed by atoms with Gasteiger partial charge >= 0.3 is 0 Å². The number of fused-ring (bicyclic) bond motifs is 8. The molecule has 2 aliphatic heterocycles. The van der Waals surface area contributed by atoms with E-state index >= 15 is 0 Å². The molecule has 0 spiro atoms. The van der Waals surface area contributed by atoms with Crippen LogP contribution >= 0.6 is 0 Å². The zero-order chi connectivity index (χ0) is 15.9. The van der Waals surface area contributed by atoms with Gasteiger partial charge in [0.15, 0.2) is 0 Å². The summed E-state index contributed by atoms with van der Waals surface area (Å²) in [5, 5.41) is 0. The Bertz CT molecular complexity index is 1080. The molecule has 0 amide bonds. The first-order chi connectivity index (χ1) is 11.8. The minimum absolute atomic E-state index is 0. The first-order valence-corrected chi connectivity index (χ1v) is 7.85. The number of aromatic amines is 2. The molecule has 0 aliphatic carbocycles. The monoisotopic (exact) mass is 383 g/mol. The van der Waals surface area contributed by atoms with E-state index in [0.717, 1.165) is 44.8 Å².